The van der Waals surface area contributed by atoms with Crippen molar-refractivity contribution in [1.82, 2.24) is 24.1 Å². The number of aryl methyl sites for hydroxylation is 1. The molecular weight excluding hydrogens is 356 g/mol. The number of anilines is 1. The molecule has 0 saturated heterocycles. The van der Waals surface area contributed by atoms with Crippen molar-refractivity contribution >= 4 is 33.0 Å². The Hall–Kier alpha value is -1.99. The first-order chi connectivity index (χ1) is 10.9. The molecule has 0 radical (unpaired) electrons. The molecule has 3 aromatic rings. The van der Waals surface area contributed by atoms with Gasteiger partial charge in [-0.1, -0.05) is 29.8 Å². The standard InChI is InChI=1S/C16H19BrN6/c1-10-4-6-11(7-5-10)13-12-14(18)19-9-20-15(12)23(22-13)16(2,3)8-21-17/h4-7,9,21H,8H2,1-3H3,(H2,18,19,20). The molecule has 0 atom stereocenters. The Morgan fingerprint density at radius 2 is 1.91 bits per heavy atom. The molecule has 3 N–H and O–H groups in total. The number of benzene rings is 1. The minimum atomic E-state index is -0.286. The van der Waals surface area contributed by atoms with E-state index >= 15 is 0 Å². The molecular formula is C16H19BrN6. The smallest absolute Gasteiger partial charge is 0.164 e. The third-order valence-corrected chi connectivity index (χ3v) is 4.17. The third-order valence-electron chi connectivity index (χ3n) is 3.89. The average Bonchev–Trinajstić information content (AvgIpc) is 2.90. The topological polar surface area (TPSA) is 81.7 Å². The van der Waals surface area contributed by atoms with Crippen molar-refractivity contribution in [1.29, 1.82) is 0 Å². The lowest BCUT2D eigenvalue weighted by Crippen LogP contribution is -2.36. The van der Waals surface area contributed by atoms with E-state index in [0.717, 1.165) is 22.3 Å². The van der Waals surface area contributed by atoms with Gasteiger partial charge in [-0.25, -0.2) is 14.6 Å². The molecule has 6 nitrogen and oxygen atoms in total. The highest BCUT2D eigenvalue weighted by molar-refractivity contribution is 9.08. The summed E-state index contributed by atoms with van der Waals surface area (Å²) in [5, 5.41) is 5.60. The zero-order chi connectivity index (χ0) is 16.6. The molecule has 0 aliphatic heterocycles. The van der Waals surface area contributed by atoms with Gasteiger partial charge in [0.2, 0.25) is 0 Å². The van der Waals surface area contributed by atoms with Crippen molar-refractivity contribution in [2.75, 3.05) is 12.3 Å². The Kier molecular flexibility index (Phi) is 4.08. The number of nitrogens with two attached hydrogens (primary N) is 1. The maximum atomic E-state index is 6.13. The number of aromatic nitrogens is 4. The lowest BCUT2D eigenvalue weighted by atomic mass is 10.1. The number of hydrogen-bond donors (Lipinski definition) is 2. The van der Waals surface area contributed by atoms with Crippen LogP contribution in [0, 0.1) is 6.92 Å². The molecule has 0 aliphatic rings. The predicted octanol–water partition coefficient (Wildman–Crippen LogP) is 3.02. The fraction of sp³-hybridized carbons (Fsp3) is 0.312. The van der Waals surface area contributed by atoms with Gasteiger partial charge in [-0.2, -0.15) is 5.10 Å². The monoisotopic (exact) mass is 374 g/mol. The normalized spacial score (nSPS) is 12.0. The lowest BCUT2D eigenvalue weighted by Gasteiger charge is -2.24. The summed E-state index contributed by atoms with van der Waals surface area (Å²) in [7, 11) is 0. The van der Waals surface area contributed by atoms with E-state index in [-0.39, 0.29) is 5.54 Å². The second-order valence-electron chi connectivity index (χ2n) is 6.21. The van der Waals surface area contributed by atoms with E-state index in [9.17, 15) is 0 Å². The van der Waals surface area contributed by atoms with Crippen molar-refractivity contribution in [2.45, 2.75) is 26.3 Å². The van der Waals surface area contributed by atoms with E-state index in [2.05, 4.69) is 63.4 Å². The highest BCUT2D eigenvalue weighted by atomic mass is 79.9. The van der Waals surface area contributed by atoms with Gasteiger partial charge in [0.15, 0.2) is 5.65 Å². The van der Waals surface area contributed by atoms with Gasteiger partial charge in [-0.05, 0) is 20.8 Å². The van der Waals surface area contributed by atoms with Crippen molar-refractivity contribution < 1.29 is 0 Å². The maximum Gasteiger partial charge on any atom is 0.164 e. The minimum absolute atomic E-state index is 0.286. The van der Waals surface area contributed by atoms with Crippen LogP contribution in [0.4, 0.5) is 5.82 Å². The number of nitrogens with zero attached hydrogens (tertiary/aromatic N) is 4. The molecule has 23 heavy (non-hydrogen) atoms. The van der Waals surface area contributed by atoms with Crippen LogP contribution in [-0.4, -0.2) is 26.3 Å². The molecule has 0 amide bonds. The number of halogens is 1. The first-order valence-electron chi connectivity index (χ1n) is 7.34. The predicted molar refractivity (Wildman–Crippen MR) is 96.2 cm³/mol. The summed E-state index contributed by atoms with van der Waals surface area (Å²) >= 11 is 3.27. The van der Waals surface area contributed by atoms with Gasteiger partial charge in [0, 0.05) is 28.3 Å². The summed E-state index contributed by atoms with van der Waals surface area (Å²) in [5.41, 5.74) is 9.59. The fourth-order valence-corrected chi connectivity index (χ4v) is 3.23. The second-order valence-corrected chi connectivity index (χ2v) is 6.77. The van der Waals surface area contributed by atoms with Crippen LogP contribution < -0.4 is 10.1 Å². The number of nitrogen functional groups attached to an aromatic ring is 1. The fourth-order valence-electron chi connectivity index (χ4n) is 2.55. The van der Waals surface area contributed by atoms with E-state index < -0.39 is 0 Å². The number of nitrogens with one attached hydrogen (secondary N) is 1. The number of rotatable bonds is 4. The van der Waals surface area contributed by atoms with Gasteiger partial charge in [0.1, 0.15) is 17.8 Å². The quantitative estimate of drug-likeness (QED) is 0.685. The van der Waals surface area contributed by atoms with E-state index in [1.807, 2.05) is 16.8 Å². The number of hydrogen-bond acceptors (Lipinski definition) is 5. The molecule has 0 spiro atoms. The third kappa shape index (κ3) is 2.82. The highest BCUT2D eigenvalue weighted by Crippen LogP contribution is 2.32. The SMILES string of the molecule is Cc1ccc(-c2nn(C(C)(C)CNBr)c3ncnc(N)c23)cc1. The Morgan fingerprint density at radius 3 is 2.57 bits per heavy atom. The number of fused-ring (bicyclic) bond motifs is 1. The summed E-state index contributed by atoms with van der Waals surface area (Å²) in [6.07, 6.45) is 1.48. The highest BCUT2D eigenvalue weighted by Gasteiger charge is 2.27. The largest absolute Gasteiger partial charge is 0.383 e. The van der Waals surface area contributed by atoms with Crippen LogP contribution in [0.2, 0.25) is 0 Å². The van der Waals surface area contributed by atoms with E-state index in [0.29, 0.717) is 12.4 Å². The van der Waals surface area contributed by atoms with Gasteiger partial charge >= 0.3 is 0 Å². The average molecular weight is 375 g/mol. The summed E-state index contributed by atoms with van der Waals surface area (Å²) in [4.78, 5) is 8.56. The van der Waals surface area contributed by atoms with Crippen LogP contribution in [0.3, 0.4) is 0 Å². The second kappa shape index (κ2) is 5.90. The van der Waals surface area contributed by atoms with Gasteiger partial charge in [0.25, 0.3) is 0 Å². The van der Waals surface area contributed by atoms with Crippen molar-refractivity contribution in [3.05, 3.63) is 36.2 Å². The lowest BCUT2D eigenvalue weighted by molar-refractivity contribution is 0.333. The minimum Gasteiger partial charge on any atom is -0.383 e. The van der Waals surface area contributed by atoms with Gasteiger partial charge < -0.3 is 5.73 Å². The van der Waals surface area contributed by atoms with Gasteiger partial charge in [-0.3, -0.25) is 4.34 Å². The molecule has 2 aromatic heterocycles. The maximum absolute atomic E-state index is 6.13. The molecule has 0 fully saturated rings. The zero-order valence-corrected chi connectivity index (χ0v) is 14.9. The molecule has 120 valence electrons. The van der Waals surface area contributed by atoms with E-state index in [1.54, 1.807) is 0 Å². The molecule has 0 aliphatic carbocycles. The van der Waals surface area contributed by atoms with Crippen LogP contribution in [0.1, 0.15) is 19.4 Å². The summed E-state index contributed by atoms with van der Waals surface area (Å²) in [6.45, 7) is 6.92. The first-order valence-corrected chi connectivity index (χ1v) is 8.13. The Labute approximate surface area is 143 Å². The van der Waals surface area contributed by atoms with Crippen LogP contribution in [0.5, 0.6) is 0 Å². The summed E-state index contributed by atoms with van der Waals surface area (Å²) in [5.74, 6) is 0.444. The van der Waals surface area contributed by atoms with Crippen molar-refractivity contribution in [2.24, 2.45) is 0 Å². The molecule has 3 rings (SSSR count). The Bertz CT molecular complexity index is 838. The molecule has 1 aromatic carbocycles. The Balaban J connectivity index is 2.29. The molecule has 0 unspecified atom stereocenters. The van der Waals surface area contributed by atoms with Crippen LogP contribution in [0.15, 0.2) is 30.6 Å². The van der Waals surface area contributed by atoms with Gasteiger partial charge in [0.05, 0.1) is 10.9 Å². The van der Waals surface area contributed by atoms with Crippen molar-refractivity contribution in [3.63, 3.8) is 0 Å². The molecule has 0 bridgehead atoms. The molecule has 0 saturated carbocycles. The van der Waals surface area contributed by atoms with E-state index in [1.165, 1.54) is 11.9 Å². The first kappa shape index (κ1) is 15.9. The molecule has 7 heteroatoms. The summed E-state index contributed by atoms with van der Waals surface area (Å²) in [6, 6.07) is 8.21. The summed E-state index contributed by atoms with van der Waals surface area (Å²) < 4.78 is 4.93. The van der Waals surface area contributed by atoms with Gasteiger partial charge in [-0.15, -0.1) is 0 Å². The van der Waals surface area contributed by atoms with Crippen LogP contribution in [0.25, 0.3) is 22.3 Å². The Morgan fingerprint density at radius 1 is 1.22 bits per heavy atom. The van der Waals surface area contributed by atoms with Crippen molar-refractivity contribution in [3.8, 4) is 11.3 Å². The van der Waals surface area contributed by atoms with Crippen LogP contribution in [-0.2, 0) is 5.54 Å². The zero-order valence-electron chi connectivity index (χ0n) is 13.3. The molecule has 2 heterocycles. The van der Waals surface area contributed by atoms with E-state index in [4.69, 9.17) is 10.8 Å². The van der Waals surface area contributed by atoms with Crippen LogP contribution >= 0.6 is 16.1 Å².